The molecule has 0 aliphatic rings. The summed E-state index contributed by atoms with van der Waals surface area (Å²) < 4.78 is 6.78. The van der Waals surface area contributed by atoms with Crippen molar-refractivity contribution in [3.63, 3.8) is 0 Å². The molecule has 0 bridgehead atoms. The molecule has 2 aromatic heterocycles. The van der Waals surface area contributed by atoms with Crippen LogP contribution in [0.4, 0.5) is 5.82 Å². The molecule has 0 aliphatic heterocycles. The molecule has 2 heterocycles. The molecule has 0 saturated heterocycles. The maximum Gasteiger partial charge on any atom is 0.227 e. The average Bonchev–Trinajstić information content (AvgIpc) is 3.15. The lowest BCUT2D eigenvalue weighted by atomic mass is 10.2. The summed E-state index contributed by atoms with van der Waals surface area (Å²) in [7, 11) is 1.78. The molecule has 23 heavy (non-hydrogen) atoms. The van der Waals surface area contributed by atoms with Crippen molar-refractivity contribution in [3.05, 3.63) is 47.4 Å². The molecule has 0 radical (unpaired) electrons. The highest BCUT2D eigenvalue weighted by Gasteiger charge is 2.11. The lowest BCUT2D eigenvalue weighted by Gasteiger charge is -1.99. The summed E-state index contributed by atoms with van der Waals surface area (Å²) in [4.78, 5) is 16.1. The Kier molecular flexibility index (Phi) is 4.38. The number of amides is 1. The average molecular weight is 332 g/mol. The highest BCUT2D eigenvalue weighted by atomic mass is 35.5. The number of anilines is 1. The van der Waals surface area contributed by atoms with Crippen molar-refractivity contribution in [1.29, 1.82) is 0 Å². The molecule has 0 aliphatic carbocycles. The maximum absolute atomic E-state index is 11.8. The number of rotatable bonds is 5. The number of nitrogens with one attached hydrogen (secondary N) is 1. The van der Waals surface area contributed by atoms with Crippen LogP contribution < -0.4 is 5.32 Å². The van der Waals surface area contributed by atoms with Crippen LogP contribution in [0.25, 0.3) is 11.4 Å². The third kappa shape index (κ3) is 3.95. The number of aromatic nitrogens is 4. The van der Waals surface area contributed by atoms with Crippen molar-refractivity contribution in [1.82, 2.24) is 19.9 Å². The summed E-state index contributed by atoms with van der Waals surface area (Å²) in [6, 6.07) is 8.86. The summed E-state index contributed by atoms with van der Waals surface area (Å²) in [6.45, 7) is 0. The van der Waals surface area contributed by atoms with Gasteiger partial charge in [0.2, 0.25) is 17.6 Å². The van der Waals surface area contributed by atoms with Crippen molar-refractivity contribution < 1.29 is 9.32 Å². The van der Waals surface area contributed by atoms with Crippen molar-refractivity contribution in [2.75, 3.05) is 5.32 Å². The summed E-state index contributed by atoms with van der Waals surface area (Å²) in [6.07, 6.45) is 2.35. The van der Waals surface area contributed by atoms with Crippen LogP contribution in [-0.2, 0) is 18.3 Å². The molecule has 0 saturated carbocycles. The Morgan fingerprint density at radius 3 is 2.78 bits per heavy atom. The van der Waals surface area contributed by atoms with Crippen LogP contribution in [0.1, 0.15) is 12.3 Å². The standard InChI is InChI=1S/C15H14ClN5O2/c1-21-9-8-12(19-21)17-13(22)6-7-14-18-15(20-23-14)10-2-4-11(16)5-3-10/h2-5,8-9H,6-7H2,1H3,(H,17,19,22). The van der Waals surface area contributed by atoms with Crippen molar-refractivity contribution in [2.45, 2.75) is 12.8 Å². The highest BCUT2D eigenvalue weighted by molar-refractivity contribution is 6.30. The van der Waals surface area contributed by atoms with Gasteiger partial charge in [-0.2, -0.15) is 10.1 Å². The molecule has 0 spiro atoms. The minimum atomic E-state index is -0.157. The van der Waals surface area contributed by atoms with Crippen LogP contribution in [0.2, 0.25) is 5.02 Å². The third-order valence-electron chi connectivity index (χ3n) is 3.12. The normalized spacial score (nSPS) is 10.7. The van der Waals surface area contributed by atoms with Crippen LogP contribution in [0.15, 0.2) is 41.1 Å². The minimum absolute atomic E-state index is 0.157. The monoisotopic (exact) mass is 331 g/mol. The van der Waals surface area contributed by atoms with E-state index in [2.05, 4.69) is 20.6 Å². The summed E-state index contributed by atoms with van der Waals surface area (Å²) >= 11 is 5.84. The fraction of sp³-hybridized carbons (Fsp3) is 0.200. The lowest BCUT2D eigenvalue weighted by molar-refractivity contribution is -0.116. The smallest absolute Gasteiger partial charge is 0.227 e. The molecule has 3 rings (SSSR count). The van der Waals surface area contributed by atoms with E-state index in [4.69, 9.17) is 16.1 Å². The zero-order chi connectivity index (χ0) is 16.2. The van der Waals surface area contributed by atoms with E-state index in [1.165, 1.54) is 0 Å². The lowest BCUT2D eigenvalue weighted by Crippen LogP contribution is -2.13. The highest BCUT2D eigenvalue weighted by Crippen LogP contribution is 2.19. The Bertz CT molecular complexity index is 809. The number of carbonyl (C=O) groups is 1. The molecule has 1 aromatic carbocycles. The predicted molar refractivity (Wildman–Crippen MR) is 84.9 cm³/mol. The van der Waals surface area contributed by atoms with E-state index in [9.17, 15) is 4.79 Å². The number of aryl methyl sites for hydroxylation is 2. The number of benzene rings is 1. The van der Waals surface area contributed by atoms with Gasteiger partial charge < -0.3 is 9.84 Å². The Morgan fingerprint density at radius 2 is 2.09 bits per heavy atom. The van der Waals surface area contributed by atoms with Gasteiger partial charge in [0.15, 0.2) is 5.82 Å². The zero-order valence-electron chi connectivity index (χ0n) is 12.4. The molecule has 1 amide bonds. The Labute approximate surface area is 137 Å². The van der Waals surface area contributed by atoms with Crippen molar-refractivity contribution in [3.8, 4) is 11.4 Å². The predicted octanol–water partition coefficient (Wildman–Crippen LogP) is 2.69. The maximum atomic E-state index is 11.8. The molecule has 1 N–H and O–H groups in total. The first-order valence-corrected chi connectivity index (χ1v) is 7.36. The number of hydrogen-bond acceptors (Lipinski definition) is 5. The number of halogens is 1. The van der Waals surface area contributed by atoms with Gasteiger partial charge in [0, 0.05) is 42.7 Å². The second kappa shape index (κ2) is 6.62. The van der Waals surface area contributed by atoms with E-state index in [1.807, 2.05) is 12.1 Å². The summed E-state index contributed by atoms with van der Waals surface area (Å²) in [5.41, 5.74) is 0.808. The Morgan fingerprint density at radius 1 is 1.30 bits per heavy atom. The first kappa shape index (κ1) is 15.2. The second-order valence-corrected chi connectivity index (χ2v) is 5.38. The number of carbonyl (C=O) groups excluding carboxylic acids is 1. The van der Waals surface area contributed by atoms with Crippen LogP contribution in [0.5, 0.6) is 0 Å². The van der Waals surface area contributed by atoms with Gasteiger partial charge in [-0.1, -0.05) is 16.8 Å². The van der Waals surface area contributed by atoms with Crippen LogP contribution >= 0.6 is 11.6 Å². The van der Waals surface area contributed by atoms with Crippen LogP contribution in [0.3, 0.4) is 0 Å². The van der Waals surface area contributed by atoms with E-state index in [1.54, 1.807) is 36.1 Å². The van der Waals surface area contributed by atoms with E-state index in [0.717, 1.165) is 5.56 Å². The van der Waals surface area contributed by atoms with Gasteiger partial charge in [-0.3, -0.25) is 9.48 Å². The van der Waals surface area contributed by atoms with E-state index in [0.29, 0.717) is 29.0 Å². The summed E-state index contributed by atoms with van der Waals surface area (Å²) in [5.74, 6) is 1.24. The Balaban J connectivity index is 1.56. The fourth-order valence-corrected chi connectivity index (χ4v) is 2.11. The topological polar surface area (TPSA) is 85.8 Å². The van der Waals surface area contributed by atoms with E-state index in [-0.39, 0.29) is 12.3 Å². The van der Waals surface area contributed by atoms with Gasteiger partial charge in [0.1, 0.15) is 0 Å². The first-order valence-electron chi connectivity index (χ1n) is 6.98. The second-order valence-electron chi connectivity index (χ2n) is 4.94. The quantitative estimate of drug-likeness (QED) is 0.776. The molecule has 0 unspecified atom stereocenters. The van der Waals surface area contributed by atoms with Crippen molar-refractivity contribution in [2.24, 2.45) is 7.05 Å². The minimum Gasteiger partial charge on any atom is -0.339 e. The zero-order valence-corrected chi connectivity index (χ0v) is 13.1. The number of hydrogen-bond donors (Lipinski definition) is 1. The molecular weight excluding hydrogens is 318 g/mol. The van der Waals surface area contributed by atoms with Crippen LogP contribution in [0, 0.1) is 0 Å². The largest absolute Gasteiger partial charge is 0.339 e. The molecule has 3 aromatic rings. The van der Waals surface area contributed by atoms with Gasteiger partial charge in [0.25, 0.3) is 0 Å². The van der Waals surface area contributed by atoms with Crippen molar-refractivity contribution >= 4 is 23.3 Å². The Hall–Kier alpha value is -2.67. The molecule has 8 heteroatoms. The van der Waals surface area contributed by atoms with Crippen LogP contribution in [-0.4, -0.2) is 25.8 Å². The first-order chi connectivity index (χ1) is 11.1. The number of nitrogens with zero attached hydrogens (tertiary/aromatic N) is 4. The molecule has 0 fully saturated rings. The fourth-order valence-electron chi connectivity index (χ4n) is 1.98. The van der Waals surface area contributed by atoms with Gasteiger partial charge in [-0.15, -0.1) is 0 Å². The molecule has 0 atom stereocenters. The molecular formula is C15H14ClN5O2. The summed E-state index contributed by atoms with van der Waals surface area (Å²) in [5, 5.41) is 11.3. The molecule has 7 nitrogen and oxygen atoms in total. The van der Waals surface area contributed by atoms with Gasteiger partial charge in [-0.25, -0.2) is 0 Å². The van der Waals surface area contributed by atoms with Gasteiger partial charge in [0.05, 0.1) is 0 Å². The van der Waals surface area contributed by atoms with Gasteiger partial charge in [-0.05, 0) is 24.3 Å². The van der Waals surface area contributed by atoms with E-state index >= 15 is 0 Å². The van der Waals surface area contributed by atoms with Gasteiger partial charge >= 0.3 is 0 Å². The third-order valence-corrected chi connectivity index (χ3v) is 3.37. The van der Waals surface area contributed by atoms with E-state index < -0.39 is 0 Å². The molecule has 118 valence electrons. The SMILES string of the molecule is Cn1ccc(NC(=O)CCc2nc(-c3ccc(Cl)cc3)no2)n1.